The highest BCUT2D eigenvalue weighted by molar-refractivity contribution is 6.30. The molecule has 6 heteroatoms. The topological polar surface area (TPSA) is 34.1 Å². The Balaban J connectivity index is 2.54. The predicted molar refractivity (Wildman–Crippen MR) is 75.5 cm³/mol. The lowest BCUT2D eigenvalue weighted by atomic mass is 9.87. The molecule has 0 radical (unpaired) electrons. The van der Waals surface area contributed by atoms with E-state index in [1.807, 2.05) is 0 Å². The van der Waals surface area contributed by atoms with E-state index in [0.29, 0.717) is 17.2 Å². The van der Waals surface area contributed by atoms with Crippen molar-refractivity contribution in [1.82, 2.24) is 0 Å². The molecule has 1 unspecified atom stereocenters. The van der Waals surface area contributed by atoms with Crippen LogP contribution in [0.1, 0.15) is 28.8 Å². The molecule has 2 aromatic carbocycles. The average Bonchev–Trinajstić information content (AvgIpc) is 2.42. The minimum Gasteiger partial charge on any atom is -0.299 e. The van der Waals surface area contributed by atoms with E-state index in [0.717, 1.165) is 6.92 Å². The monoisotopic (exact) mass is 326 g/mol. The maximum atomic E-state index is 13.9. The Labute approximate surface area is 129 Å². The number of rotatable bonds is 4. The zero-order valence-electron chi connectivity index (χ0n) is 11.4. The second-order valence-electron chi connectivity index (χ2n) is 4.70. The van der Waals surface area contributed by atoms with Crippen molar-refractivity contribution in [2.75, 3.05) is 0 Å². The summed E-state index contributed by atoms with van der Waals surface area (Å²) < 4.78 is 40.7. The Hall–Kier alpha value is -2.14. The number of carbonyl (C=O) groups is 2. The van der Waals surface area contributed by atoms with Crippen LogP contribution in [-0.4, -0.2) is 11.6 Å². The Bertz CT molecular complexity index is 719. The van der Waals surface area contributed by atoms with Gasteiger partial charge in [-0.25, -0.2) is 13.2 Å². The van der Waals surface area contributed by atoms with E-state index in [9.17, 15) is 22.8 Å². The highest BCUT2D eigenvalue weighted by atomic mass is 35.5. The van der Waals surface area contributed by atoms with E-state index >= 15 is 0 Å². The van der Waals surface area contributed by atoms with Crippen molar-refractivity contribution in [3.05, 3.63) is 70.0 Å². The lowest BCUT2D eigenvalue weighted by Crippen LogP contribution is -2.22. The molecule has 2 aromatic rings. The van der Waals surface area contributed by atoms with Gasteiger partial charge in [-0.05, 0) is 31.2 Å². The van der Waals surface area contributed by atoms with E-state index in [-0.39, 0.29) is 5.56 Å². The van der Waals surface area contributed by atoms with Crippen molar-refractivity contribution < 1.29 is 22.8 Å². The van der Waals surface area contributed by atoms with Gasteiger partial charge in [0.25, 0.3) is 0 Å². The number of benzene rings is 2. The number of hydrogen-bond donors (Lipinski definition) is 0. The van der Waals surface area contributed by atoms with Crippen LogP contribution in [0.4, 0.5) is 13.2 Å². The van der Waals surface area contributed by atoms with Gasteiger partial charge < -0.3 is 0 Å². The second-order valence-corrected chi connectivity index (χ2v) is 5.13. The van der Waals surface area contributed by atoms with Gasteiger partial charge in [-0.1, -0.05) is 11.6 Å². The second kappa shape index (κ2) is 6.32. The molecule has 114 valence electrons. The van der Waals surface area contributed by atoms with Crippen LogP contribution >= 0.6 is 11.6 Å². The Kier molecular flexibility index (Phi) is 4.66. The lowest BCUT2D eigenvalue weighted by Gasteiger charge is -2.15. The minimum absolute atomic E-state index is 0.0766. The number of Topliss-reactive ketones (excluding diaryl/α,β-unsaturated/α-hetero) is 2. The molecule has 0 amide bonds. The molecule has 0 spiro atoms. The van der Waals surface area contributed by atoms with E-state index in [2.05, 4.69) is 0 Å². The van der Waals surface area contributed by atoms with Crippen LogP contribution < -0.4 is 0 Å². The fourth-order valence-corrected chi connectivity index (χ4v) is 2.25. The summed E-state index contributed by atoms with van der Waals surface area (Å²) in [5, 5.41) is 0.370. The van der Waals surface area contributed by atoms with Crippen LogP contribution in [0.15, 0.2) is 36.4 Å². The molecule has 2 rings (SSSR count). The third-order valence-electron chi connectivity index (χ3n) is 3.13. The molecule has 0 N–H and O–H groups in total. The zero-order valence-corrected chi connectivity index (χ0v) is 12.1. The fourth-order valence-electron chi connectivity index (χ4n) is 2.13. The standard InChI is InChI=1S/C16H10ClF3O2/c1-8(21)14(15-12(19)6-11(18)7-13(15)20)16(22)9-2-4-10(17)5-3-9/h2-7,14H,1H3. The van der Waals surface area contributed by atoms with Crippen molar-refractivity contribution in [2.45, 2.75) is 12.8 Å². The molecule has 0 aromatic heterocycles. The summed E-state index contributed by atoms with van der Waals surface area (Å²) in [5.41, 5.74) is -0.679. The molecule has 0 aliphatic heterocycles. The summed E-state index contributed by atoms with van der Waals surface area (Å²) in [7, 11) is 0. The van der Waals surface area contributed by atoms with Gasteiger partial charge >= 0.3 is 0 Å². The normalized spacial score (nSPS) is 12.0. The summed E-state index contributed by atoms with van der Waals surface area (Å²) in [6.45, 7) is 1.04. The van der Waals surface area contributed by atoms with Crippen molar-refractivity contribution in [3.8, 4) is 0 Å². The number of hydrogen-bond acceptors (Lipinski definition) is 2. The molecule has 0 fully saturated rings. The van der Waals surface area contributed by atoms with Gasteiger partial charge in [0.1, 0.15) is 29.2 Å². The third-order valence-corrected chi connectivity index (χ3v) is 3.38. The summed E-state index contributed by atoms with van der Waals surface area (Å²) in [4.78, 5) is 24.1. The largest absolute Gasteiger partial charge is 0.299 e. The molecule has 0 bridgehead atoms. The first kappa shape index (κ1) is 16.2. The first-order valence-electron chi connectivity index (χ1n) is 6.26. The lowest BCUT2D eigenvalue weighted by molar-refractivity contribution is -0.117. The highest BCUT2D eigenvalue weighted by Crippen LogP contribution is 2.28. The Morgan fingerprint density at radius 1 is 1.00 bits per heavy atom. The fraction of sp³-hybridized carbons (Fsp3) is 0.125. The van der Waals surface area contributed by atoms with Crippen LogP contribution in [0.25, 0.3) is 0 Å². The van der Waals surface area contributed by atoms with Crippen LogP contribution in [-0.2, 0) is 4.79 Å². The van der Waals surface area contributed by atoms with E-state index in [4.69, 9.17) is 11.6 Å². The maximum absolute atomic E-state index is 13.9. The number of ketones is 2. The predicted octanol–water partition coefficient (Wildman–Crippen LogP) is 4.31. The van der Waals surface area contributed by atoms with Gasteiger partial charge in [0, 0.05) is 28.3 Å². The summed E-state index contributed by atoms with van der Waals surface area (Å²) in [5.74, 6) is -6.89. The van der Waals surface area contributed by atoms with Gasteiger partial charge in [-0.3, -0.25) is 9.59 Å². The van der Waals surface area contributed by atoms with Crippen molar-refractivity contribution in [1.29, 1.82) is 0 Å². The quantitative estimate of drug-likeness (QED) is 0.619. The molecule has 0 heterocycles. The maximum Gasteiger partial charge on any atom is 0.177 e. The van der Waals surface area contributed by atoms with E-state index in [1.165, 1.54) is 24.3 Å². The summed E-state index contributed by atoms with van der Waals surface area (Å²) in [6, 6.07) is 6.40. The third kappa shape index (κ3) is 3.20. The van der Waals surface area contributed by atoms with E-state index in [1.54, 1.807) is 0 Å². The molecule has 2 nitrogen and oxygen atoms in total. The summed E-state index contributed by atoms with van der Waals surface area (Å²) in [6.07, 6.45) is 0. The average molecular weight is 327 g/mol. The molecule has 0 saturated heterocycles. The smallest absolute Gasteiger partial charge is 0.177 e. The highest BCUT2D eigenvalue weighted by Gasteiger charge is 2.32. The van der Waals surface area contributed by atoms with Crippen LogP contribution in [0.5, 0.6) is 0 Å². The van der Waals surface area contributed by atoms with Crippen molar-refractivity contribution in [2.24, 2.45) is 0 Å². The van der Waals surface area contributed by atoms with Gasteiger partial charge in [-0.15, -0.1) is 0 Å². The van der Waals surface area contributed by atoms with Crippen LogP contribution in [0.3, 0.4) is 0 Å². The molecular formula is C16H10ClF3O2. The van der Waals surface area contributed by atoms with Crippen molar-refractivity contribution >= 4 is 23.2 Å². The Morgan fingerprint density at radius 2 is 1.50 bits per heavy atom. The molecule has 0 aliphatic carbocycles. The van der Waals surface area contributed by atoms with Gasteiger partial charge in [0.15, 0.2) is 5.78 Å². The number of carbonyl (C=O) groups excluding carboxylic acids is 2. The molecule has 0 aliphatic rings. The molecule has 22 heavy (non-hydrogen) atoms. The van der Waals surface area contributed by atoms with Gasteiger partial charge in [0.2, 0.25) is 0 Å². The molecular weight excluding hydrogens is 317 g/mol. The van der Waals surface area contributed by atoms with E-state index < -0.39 is 40.5 Å². The van der Waals surface area contributed by atoms with Gasteiger partial charge in [0.05, 0.1) is 0 Å². The first-order chi connectivity index (χ1) is 10.3. The minimum atomic E-state index is -1.68. The zero-order chi connectivity index (χ0) is 16.4. The molecule has 0 saturated carbocycles. The SMILES string of the molecule is CC(=O)C(C(=O)c1ccc(Cl)cc1)c1c(F)cc(F)cc1F. The molecule has 1 atom stereocenters. The first-order valence-corrected chi connectivity index (χ1v) is 6.63. The Morgan fingerprint density at radius 3 is 1.95 bits per heavy atom. The van der Waals surface area contributed by atoms with Crippen molar-refractivity contribution in [3.63, 3.8) is 0 Å². The number of halogens is 4. The van der Waals surface area contributed by atoms with Crippen LogP contribution in [0, 0.1) is 17.5 Å². The summed E-state index contributed by atoms with van der Waals surface area (Å²) >= 11 is 5.70. The van der Waals surface area contributed by atoms with Gasteiger partial charge in [-0.2, -0.15) is 0 Å². The van der Waals surface area contributed by atoms with Crippen LogP contribution in [0.2, 0.25) is 5.02 Å².